The molecule has 7 aromatic carbocycles. The third-order valence-electron chi connectivity index (χ3n) is 9.52. The molecule has 7 rings (SSSR count). The van der Waals surface area contributed by atoms with E-state index >= 15 is 35.1 Å². The van der Waals surface area contributed by atoms with Gasteiger partial charge in [0.1, 0.15) is 29.4 Å². The van der Waals surface area contributed by atoms with Crippen molar-refractivity contribution in [3.8, 4) is 0 Å². The minimum Gasteiger partial charge on any atom is -0.210 e. The van der Waals surface area contributed by atoms with Gasteiger partial charge in [0.25, 0.3) is 0 Å². The summed E-state index contributed by atoms with van der Waals surface area (Å²) in [5.74, 6) is -43.8. The number of hydrogen-bond acceptors (Lipinski definition) is 0. The van der Waals surface area contributed by atoms with Gasteiger partial charge in [-0.1, -0.05) is 18.2 Å². The Morgan fingerprint density at radius 3 is 0.650 bits per heavy atom. The maximum atomic E-state index is 15.3. The van der Waals surface area contributed by atoms with Gasteiger partial charge in [-0.2, -0.15) is 0 Å². The van der Waals surface area contributed by atoms with E-state index in [1.807, 2.05) is 0 Å². The molecule has 0 N–H and O–H groups in total. The lowest BCUT2D eigenvalue weighted by molar-refractivity contribution is 0.434. The summed E-state index contributed by atoms with van der Waals surface area (Å²) in [7, 11) is 0. The molecule has 0 saturated heterocycles. The van der Waals surface area contributed by atoms with Crippen LogP contribution in [0.3, 0.4) is 0 Å². The Balaban J connectivity index is 0.000000263. The SMILES string of the molecule is Fc1cc(F)c([B-](c2c(F)cc(F)c(F)c2F)(c2c(F)cc(F)c(F)c2F)c2c(F)cc(F)c(F)c2F)c(F)c1F.c1ccc([C+](c2ccccc2)c2ccccc2)cc1. The molecule has 0 amide bonds. The van der Waals surface area contributed by atoms with Gasteiger partial charge in [0, 0.05) is 24.3 Å². The second kappa shape index (κ2) is 16.9. The van der Waals surface area contributed by atoms with Crippen molar-refractivity contribution in [3.05, 3.63) is 231 Å². The zero-order valence-electron chi connectivity index (χ0n) is 29.6. The maximum Gasteiger partial charge on any atom is 0.191 e. The summed E-state index contributed by atoms with van der Waals surface area (Å²) < 4.78 is 235. The fourth-order valence-electron chi connectivity index (χ4n) is 7.09. The quantitative estimate of drug-likeness (QED) is 0.0375. The average Bonchev–Trinajstić information content (AvgIpc) is 3.22. The molecule has 0 unspecified atom stereocenters. The highest BCUT2D eigenvalue weighted by Gasteiger charge is 2.49. The zero-order chi connectivity index (χ0) is 43.8. The van der Waals surface area contributed by atoms with Gasteiger partial charge in [-0.25, -0.2) is 70.2 Å². The van der Waals surface area contributed by atoms with Crippen LogP contribution in [0, 0.1) is 99.0 Å². The third kappa shape index (κ3) is 7.32. The standard InChI is InChI=1S/C24H4BF16.C19H15/c26-5-1-9(30)17(34)21(38)13(5)25(14-6(27)2-10(31)18(35)22(14)39,15-7(28)3-11(32)19(36)23(15)40)16-8(29)4-12(33)20(37)24(16)41;1-4-10-16(11-5-1)19(17-12-6-2-7-13-17)18-14-8-3-9-15-18/h1-4H;1-15H/q-1;+1. The van der Waals surface area contributed by atoms with Crippen LogP contribution in [-0.2, 0) is 0 Å². The van der Waals surface area contributed by atoms with E-state index in [2.05, 4.69) is 91.0 Å². The second-order valence-corrected chi connectivity index (χ2v) is 12.9. The lowest BCUT2D eigenvalue weighted by atomic mass is 9.12. The predicted octanol–water partition coefficient (Wildman–Crippen LogP) is 10.00. The van der Waals surface area contributed by atoms with Gasteiger partial charge < -0.3 is 0 Å². The summed E-state index contributed by atoms with van der Waals surface area (Å²) in [4.78, 5) is 0. The van der Waals surface area contributed by atoms with E-state index in [1.165, 1.54) is 22.6 Å². The molecule has 0 aliphatic carbocycles. The Morgan fingerprint density at radius 2 is 0.450 bits per heavy atom. The molecule has 17 heteroatoms. The van der Waals surface area contributed by atoms with Crippen LogP contribution in [0.15, 0.2) is 115 Å². The van der Waals surface area contributed by atoms with Crippen molar-refractivity contribution >= 4 is 28.0 Å². The molecule has 0 aliphatic heterocycles. The Bertz CT molecular complexity index is 2380. The molecular weight excluding hydrogens is 831 g/mol. The molecule has 0 fully saturated rings. The highest BCUT2D eigenvalue weighted by atomic mass is 19.2. The summed E-state index contributed by atoms with van der Waals surface area (Å²) in [5.41, 5.74) is -7.19. The highest BCUT2D eigenvalue weighted by molar-refractivity contribution is 7.20. The van der Waals surface area contributed by atoms with E-state index in [1.54, 1.807) is 0 Å². The van der Waals surface area contributed by atoms with Crippen molar-refractivity contribution in [3.63, 3.8) is 0 Å². The molecule has 0 heterocycles. The molecule has 0 atom stereocenters. The first-order valence-corrected chi connectivity index (χ1v) is 17.0. The van der Waals surface area contributed by atoms with Gasteiger partial charge in [-0.05, 0) is 72.8 Å². The van der Waals surface area contributed by atoms with Crippen LogP contribution in [0.1, 0.15) is 16.7 Å². The molecule has 0 aliphatic rings. The van der Waals surface area contributed by atoms with Gasteiger partial charge in [0.05, 0.1) is 45.9 Å². The predicted molar refractivity (Wildman–Crippen MR) is 189 cm³/mol. The van der Waals surface area contributed by atoms with E-state index in [0.29, 0.717) is 0 Å². The summed E-state index contributed by atoms with van der Waals surface area (Å²) in [6, 6.07) is 28.7. The summed E-state index contributed by atoms with van der Waals surface area (Å²) in [5, 5.41) is 0. The maximum absolute atomic E-state index is 15.3. The topological polar surface area (TPSA) is 0 Å². The lowest BCUT2D eigenvalue weighted by Crippen LogP contribution is -2.80. The largest absolute Gasteiger partial charge is 0.210 e. The van der Waals surface area contributed by atoms with Gasteiger partial charge >= 0.3 is 0 Å². The molecule has 306 valence electrons. The minimum absolute atomic E-state index is 0.731. The van der Waals surface area contributed by atoms with Gasteiger partial charge in [-0.15, -0.1) is 21.9 Å². The van der Waals surface area contributed by atoms with Crippen LogP contribution in [0.5, 0.6) is 0 Å². The van der Waals surface area contributed by atoms with Crippen LogP contribution in [0.25, 0.3) is 0 Å². The van der Waals surface area contributed by atoms with Gasteiger partial charge in [-0.3, -0.25) is 0 Å². The number of rotatable bonds is 7. The van der Waals surface area contributed by atoms with Crippen molar-refractivity contribution in [2.75, 3.05) is 0 Å². The van der Waals surface area contributed by atoms with E-state index < -0.39 is 145 Å². The first-order chi connectivity index (χ1) is 28.4. The average molecular weight is 850 g/mol. The molecule has 0 spiro atoms. The Labute approximate surface area is 328 Å². The molecular formula is C43H19BF16. The fourth-order valence-corrected chi connectivity index (χ4v) is 7.09. The number of hydrogen-bond donors (Lipinski definition) is 0. The molecule has 60 heavy (non-hydrogen) atoms. The molecule has 0 radical (unpaired) electrons. The molecule has 7 aromatic rings. The first-order valence-electron chi connectivity index (χ1n) is 17.0. The van der Waals surface area contributed by atoms with Crippen LogP contribution in [0.2, 0.25) is 0 Å². The monoisotopic (exact) mass is 850 g/mol. The molecule has 0 nitrogen and oxygen atoms in total. The normalized spacial score (nSPS) is 11.3. The van der Waals surface area contributed by atoms with E-state index in [0.717, 1.165) is 0 Å². The van der Waals surface area contributed by atoms with Crippen LogP contribution in [-0.4, -0.2) is 6.15 Å². The van der Waals surface area contributed by atoms with Crippen LogP contribution in [0.4, 0.5) is 70.2 Å². The Kier molecular flexibility index (Phi) is 12.1. The van der Waals surface area contributed by atoms with E-state index in [9.17, 15) is 35.1 Å². The Hall–Kier alpha value is -6.65. The first kappa shape index (κ1) is 42.9. The van der Waals surface area contributed by atoms with Crippen molar-refractivity contribution in [1.82, 2.24) is 0 Å². The minimum atomic E-state index is -6.18. The molecule has 0 bridgehead atoms. The third-order valence-corrected chi connectivity index (χ3v) is 9.52. The number of benzene rings is 7. The van der Waals surface area contributed by atoms with Crippen molar-refractivity contribution in [2.45, 2.75) is 0 Å². The number of halogens is 16. The molecule has 0 aromatic heterocycles. The second-order valence-electron chi connectivity index (χ2n) is 12.9. The summed E-state index contributed by atoms with van der Waals surface area (Å²) >= 11 is 0. The highest BCUT2D eigenvalue weighted by Crippen LogP contribution is 2.31. The summed E-state index contributed by atoms with van der Waals surface area (Å²) in [6.07, 6.45) is -6.18. The van der Waals surface area contributed by atoms with Crippen molar-refractivity contribution in [1.29, 1.82) is 0 Å². The smallest absolute Gasteiger partial charge is 0.191 e. The van der Waals surface area contributed by atoms with E-state index in [4.69, 9.17) is 0 Å². The van der Waals surface area contributed by atoms with Crippen molar-refractivity contribution < 1.29 is 70.2 Å². The lowest BCUT2D eigenvalue weighted by Gasteiger charge is -2.44. The van der Waals surface area contributed by atoms with Gasteiger partial charge in [0.2, 0.25) is 0 Å². The fraction of sp³-hybridized carbons (Fsp3) is 0. The van der Waals surface area contributed by atoms with Crippen LogP contribution >= 0.6 is 0 Å². The molecule has 0 saturated carbocycles. The zero-order valence-corrected chi connectivity index (χ0v) is 29.6. The van der Waals surface area contributed by atoms with E-state index in [-0.39, 0.29) is 0 Å². The van der Waals surface area contributed by atoms with Crippen LogP contribution < -0.4 is 21.9 Å². The Morgan fingerprint density at radius 1 is 0.250 bits per heavy atom. The van der Waals surface area contributed by atoms with Gasteiger partial charge in [0.15, 0.2) is 46.5 Å². The summed E-state index contributed by atoms with van der Waals surface area (Å²) in [6.45, 7) is 0. The van der Waals surface area contributed by atoms with Crippen molar-refractivity contribution in [2.24, 2.45) is 0 Å².